The van der Waals surface area contributed by atoms with Gasteiger partial charge in [-0.1, -0.05) is 0 Å². The van der Waals surface area contributed by atoms with E-state index in [1.165, 1.54) is 36.3 Å². The van der Waals surface area contributed by atoms with Crippen LogP contribution in [0.25, 0.3) is 0 Å². The number of rotatable bonds is 1. The standard InChI is InChI=1S/C10H17N3/c1-7-10(8(2)13-12-7)9-4-3-5-11-6-9/h9,11H,3-6H2,1-2H3,(H,12,13). The highest BCUT2D eigenvalue weighted by molar-refractivity contribution is 5.28. The van der Waals surface area contributed by atoms with Crippen LogP contribution in [0.15, 0.2) is 0 Å². The maximum absolute atomic E-state index is 4.24. The third-order valence-corrected chi connectivity index (χ3v) is 2.89. The zero-order chi connectivity index (χ0) is 9.26. The Labute approximate surface area is 78.9 Å². The molecule has 1 aliphatic heterocycles. The van der Waals surface area contributed by atoms with Crippen LogP contribution < -0.4 is 5.32 Å². The summed E-state index contributed by atoms with van der Waals surface area (Å²) in [6.45, 7) is 6.49. The van der Waals surface area contributed by atoms with Gasteiger partial charge in [-0.25, -0.2) is 0 Å². The molecule has 0 bridgehead atoms. The van der Waals surface area contributed by atoms with Gasteiger partial charge < -0.3 is 5.32 Å². The molecule has 0 saturated carbocycles. The van der Waals surface area contributed by atoms with Crippen molar-refractivity contribution >= 4 is 0 Å². The van der Waals surface area contributed by atoms with Gasteiger partial charge in [0.05, 0.1) is 5.69 Å². The lowest BCUT2D eigenvalue weighted by Crippen LogP contribution is -2.28. The summed E-state index contributed by atoms with van der Waals surface area (Å²) in [5, 5.41) is 10.7. The molecule has 3 nitrogen and oxygen atoms in total. The number of hydrogen-bond acceptors (Lipinski definition) is 2. The Morgan fingerprint density at radius 3 is 2.77 bits per heavy atom. The van der Waals surface area contributed by atoms with Crippen molar-refractivity contribution < 1.29 is 0 Å². The molecule has 0 amide bonds. The molecular formula is C10H17N3. The second-order valence-corrected chi connectivity index (χ2v) is 3.89. The zero-order valence-electron chi connectivity index (χ0n) is 8.35. The van der Waals surface area contributed by atoms with E-state index in [1.54, 1.807) is 0 Å². The van der Waals surface area contributed by atoms with Crippen LogP contribution in [0.1, 0.15) is 35.7 Å². The Kier molecular flexibility index (Phi) is 2.36. The predicted octanol–water partition coefficient (Wildman–Crippen LogP) is 1.49. The lowest BCUT2D eigenvalue weighted by molar-refractivity contribution is 0.459. The molecule has 2 heterocycles. The van der Waals surface area contributed by atoms with Gasteiger partial charge in [0.15, 0.2) is 0 Å². The fraction of sp³-hybridized carbons (Fsp3) is 0.700. The highest BCUT2D eigenvalue weighted by atomic mass is 15.1. The van der Waals surface area contributed by atoms with Crippen molar-refractivity contribution in [3.63, 3.8) is 0 Å². The molecule has 2 rings (SSSR count). The van der Waals surface area contributed by atoms with Crippen molar-refractivity contribution in [2.45, 2.75) is 32.6 Å². The van der Waals surface area contributed by atoms with Gasteiger partial charge in [-0.15, -0.1) is 0 Å². The molecule has 1 aromatic rings. The molecule has 0 aromatic carbocycles. The topological polar surface area (TPSA) is 40.7 Å². The second-order valence-electron chi connectivity index (χ2n) is 3.89. The van der Waals surface area contributed by atoms with Gasteiger partial charge in [-0.3, -0.25) is 5.10 Å². The van der Waals surface area contributed by atoms with Gasteiger partial charge in [-0.05, 0) is 33.2 Å². The van der Waals surface area contributed by atoms with E-state index in [0.717, 1.165) is 6.54 Å². The van der Waals surface area contributed by atoms with E-state index in [2.05, 4.69) is 29.4 Å². The van der Waals surface area contributed by atoms with Crippen molar-refractivity contribution in [3.8, 4) is 0 Å². The SMILES string of the molecule is Cc1n[nH]c(C)c1C1CCCNC1. The fourth-order valence-corrected chi connectivity index (χ4v) is 2.26. The average Bonchev–Trinajstić information content (AvgIpc) is 2.48. The summed E-state index contributed by atoms with van der Waals surface area (Å²) < 4.78 is 0. The number of nitrogens with one attached hydrogen (secondary N) is 2. The van der Waals surface area contributed by atoms with Crippen LogP contribution >= 0.6 is 0 Å². The van der Waals surface area contributed by atoms with Crippen LogP contribution in [0, 0.1) is 13.8 Å². The third kappa shape index (κ3) is 1.61. The molecule has 2 N–H and O–H groups in total. The minimum Gasteiger partial charge on any atom is -0.316 e. The summed E-state index contributed by atoms with van der Waals surface area (Å²) in [4.78, 5) is 0. The van der Waals surface area contributed by atoms with E-state index in [4.69, 9.17) is 0 Å². The number of aromatic nitrogens is 2. The Balaban J connectivity index is 2.22. The number of piperidine rings is 1. The molecule has 72 valence electrons. The van der Waals surface area contributed by atoms with Crippen molar-refractivity contribution in [2.75, 3.05) is 13.1 Å². The molecule has 0 spiro atoms. The van der Waals surface area contributed by atoms with Gasteiger partial charge in [0.25, 0.3) is 0 Å². The Morgan fingerprint density at radius 1 is 1.38 bits per heavy atom. The Bertz CT molecular complexity index is 265. The van der Waals surface area contributed by atoms with E-state index >= 15 is 0 Å². The molecule has 0 aliphatic carbocycles. The fourth-order valence-electron chi connectivity index (χ4n) is 2.26. The minimum atomic E-state index is 0.674. The van der Waals surface area contributed by atoms with Gasteiger partial charge in [-0.2, -0.15) is 5.10 Å². The maximum Gasteiger partial charge on any atom is 0.0629 e. The van der Waals surface area contributed by atoms with Gasteiger partial charge >= 0.3 is 0 Å². The van der Waals surface area contributed by atoms with Crippen LogP contribution in [0.5, 0.6) is 0 Å². The van der Waals surface area contributed by atoms with Crippen LogP contribution in [0.2, 0.25) is 0 Å². The first-order valence-electron chi connectivity index (χ1n) is 5.01. The Morgan fingerprint density at radius 2 is 2.23 bits per heavy atom. The summed E-state index contributed by atoms with van der Waals surface area (Å²) in [7, 11) is 0. The first-order valence-corrected chi connectivity index (χ1v) is 5.01. The summed E-state index contributed by atoms with van der Waals surface area (Å²) in [6.07, 6.45) is 2.59. The van der Waals surface area contributed by atoms with Crippen molar-refractivity contribution in [1.82, 2.24) is 15.5 Å². The number of H-pyrrole nitrogens is 1. The summed E-state index contributed by atoms with van der Waals surface area (Å²) in [5.41, 5.74) is 3.85. The normalized spacial score (nSPS) is 23.4. The van der Waals surface area contributed by atoms with Gasteiger partial charge in [0, 0.05) is 23.7 Å². The number of aromatic amines is 1. The maximum atomic E-state index is 4.24. The minimum absolute atomic E-state index is 0.674. The number of hydrogen-bond donors (Lipinski definition) is 2. The molecule has 1 saturated heterocycles. The third-order valence-electron chi connectivity index (χ3n) is 2.89. The van der Waals surface area contributed by atoms with Gasteiger partial charge in [0.1, 0.15) is 0 Å². The highest BCUT2D eigenvalue weighted by Crippen LogP contribution is 2.27. The lowest BCUT2D eigenvalue weighted by Gasteiger charge is -2.23. The summed E-state index contributed by atoms with van der Waals surface area (Å²) >= 11 is 0. The molecule has 1 aliphatic rings. The van der Waals surface area contributed by atoms with E-state index in [0.29, 0.717) is 5.92 Å². The largest absolute Gasteiger partial charge is 0.316 e. The monoisotopic (exact) mass is 179 g/mol. The molecular weight excluding hydrogens is 162 g/mol. The van der Waals surface area contributed by atoms with Gasteiger partial charge in [0.2, 0.25) is 0 Å². The lowest BCUT2D eigenvalue weighted by atomic mass is 9.90. The van der Waals surface area contributed by atoms with Crippen LogP contribution in [0.4, 0.5) is 0 Å². The van der Waals surface area contributed by atoms with Crippen molar-refractivity contribution in [3.05, 3.63) is 17.0 Å². The average molecular weight is 179 g/mol. The van der Waals surface area contributed by atoms with Crippen molar-refractivity contribution in [1.29, 1.82) is 0 Å². The van der Waals surface area contributed by atoms with Crippen molar-refractivity contribution in [2.24, 2.45) is 0 Å². The summed E-state index contributed by atoms with van der Waals surface area (Å²) in [6, 6.07) is 0. The molecule has 0 radical (unpaired) electrons. The molecule has 13 heavy (non-hydrogen) atoms. The van der Waals surface area contributed by atoms with E-state index in [-0.39, 0.29) is 0 Å². The second kappa shape index (κ2) is 3.50. The Hall–Kier alpha value is -0.830. The first-order chi connectivity index (χ1) is 6.29. The predicted molar refractivity (Wildman–Crippen MR) is 52.9 cm³/mol. The van der Waals surface area contributed by atoms with E-state index in [1.807, 2.05) is 0 Å². The zero-order valence-corrected chi connectivity index (χ0v) is 8.35. The quantitative estimate of drug-likeness (QED) is 0.685. The molecule has 1 aromatic heterocycles. The molecule has 1 atom stereocenters. The first kappa shape index (κ1) is 8.75. The van der Waals surface area contributed by atoms with E-state index in [9.17, 15) is 0 Å². The number of nitrogens with zero attached hydrogens (tertiary/aromatic N) is 1. The number of aryl methyl sites for hydroxylation is 2. The smallest absolute Gasteiger partial charge is 0.0629 e. The van der Waals surface area contributed by atoms with E-state index < -0.39 is 0 Å². The molecule has 3 heteroatoms. The van der Waals surface area contributed by atoms with Crippen LogP contribution in [0.3, 0.4) is 0 Å². The summed E-state index contributed by atoms with van der Waals surface area (Å²) in [5.74, 6) is 0.674. The van der Waals surface area contributed by atoms with Crippen LogP contribution in [-0.4, -0.2) is 23.3 Å². The molecule has 1 fully saturated rings. The molecule has 1 unspecified atom stereocenters. The highest BCUT2D eigenvalue weighted by Gasteiger charge is 2.20. The van der Waals surface area contributed by atoms with Crippen LogP contribution in [-0.2, 0) is 0 Å².